The van der Waals surface area contributed by atoms with Crippen LogP contribution in [0.5, 0.6) is 0 Å². The van der Waals surface area contributed by atoms with E-state index in [2.05, 4.69) is 25.7 Å². The summed E-state index contributed by atoms with van der Waals surface area (Å²) in [7, 11) is 4.01. The SMILES string of the molecule is CCc1nc(NNC(=O)[C@H](CC2CCCC2)CN(O)C=O)c(F)c(N2CCC(N(C)C)C2)n1. The fourth-order valence-electron chi connectivity index (χ4n) is 4.69. The largest absolute Gasteiger partial charge is 0.352 e. The molecule has 1 aromatic rings. The van der Waals surface area contributed by atoms with E-state index in [0.717, 1.165) is 32.1 Å². The Morgan fingerprint density at radius 1 is 1.30 bits per heavy atom. The Hall–Kier alpha value is -2.53. The second-order valence-corrected chi connectivity index (χ2v) is 9.26. The third-order valence-corrected chi connectivity index (χ3v) is 6.69. The van der Waals surface area contributed by atoms with Crippen LogP contribution in [0.2, 0.25) is 0 Å². The van der Waals surface area contributed by atoms with E-state index in [1.54, 1.807) is 0 Å². The van der Waals surface area contributed by atoms with Crippen LogP contribution < -0.4 is 15.8 Å². The molecule has 0 spiro atoms. The molecule has 2 atom stereocenters. The molecule has 2 amide bonds. The number of hydrazine groups is 1. The highest BCUT2D eigenvalue weighted by Crippen LogP contribution is 2.31. The van der Waals surface area contributed by atoms with Crippen LogP contribution in [0.3, 0.4) is 0 Å². The van der Waals surface area contributed by atoms with Crippen molar-refractivity contribution in [3.8, 4) is 0 Å². The van der Waals surface area contributed by atoms with E-state index in [0.29, 0.717) is 48.8 Å². The molecular weight excluding hydrogens is 429 g/mol. The maximum Gasteiger partial charge on any atom is 0.243 e. The molecule has 2 fully saturated rings. The van der Waals surface area contributed by atoms with Crippen molar-refractivity contribution in [1.82, 2.24) is 25.4 Å². The van der Waals surface area contributed by atoms with E-state index in [-0.39, 0.29) is 24.6 Å². The quantitative estimate of drug-likeness (QED) is 0.258. The van der Waals surface area contributed by atoms with Gasteiger partial charge < -0.3 is 9.80 Å². The number of aromatic nitrogens is 2. The van der Waals surface area contributed by atoms with Gasteiger partial charge in [0, 0.05) is 25.6 Å². The molecule has 2 heterocycles. The van der Waals surface area contributed by atoms with Crippen molar-refractivity contribution in [3.05, 3.63) is 11.6 Å². The van der Waals surface area contributed by atoms with Crippen molar-refractivity contribution in [1.29, 1.82) is 0 Å². The van der Waals surface area contributed by atoms with Gasteiger partial charge in [0.25, 0.3) is 0 Å². The molecular formula is C22H36FN7O3. The summed E-state index contributed by atoms with van der Waals surface area (Å²) in [6.07, 6.45) is 6.55. The van der Waals surface area contributed by atoms with Gasteiger partial charge in [0.1, 0.15) is 5.82 Å². The summed E-state index contributed by atoms with van der Waals surface area (Å²) in [5.74, 6) is -0.672. The lowest BCUT2D eigenvalue weighted by Gasteiger charge is -2.24. The van der Waals surface area contributed by atoms with Gasteiger partial charge in [-0.2, -0.15) is 4.39 Å². The predicted octanol–water partition coefficient (Wildman–Crippen LogP) is 1.81. The molecule has 1 aliphatic heterocycles. The van der Waals surface area contributed by atoms with Gasteiger partial charge in [0.15, 0.2) is 11.6 Å². The highest BCUT2D eigenvalue weighted by atomic mass is 19.1. The normalized spacial score (nSPS) is 19.7. The first-order valence-corrected chi connectivity index (χ1v) is 11.8. The molecule has 10 nitrogen and oxygen atoms in total. The van der Waals surface area contributed by atoms with Crippen molar-refractivity contribution >= 4 is 24.0 Å². The minimum Gasteiger partial charge on any atom is -0.352 e. The number of rotatable bonds is 11. The van der Waals surface area contributed by atoms with E-state index in [4.69, 9.17) is 0 Å². The van der Waals surface area contributed by atoms with Crippen LogP contribution in [0.15, 0.2) is 0 Å². The first-order chi connectivity index (χ1) is 15.8. The van der Waals surface area contributed by atoms with Crippen LogP contribution in [0.1, 0.15) is 51.3 Å². The molecule has 11 heteroatoms. The van der Waals surface area contributed by atoms with Crippen molar-refractivity contribution in [2.45, 2.75) is 57.9 Å². The number of hydrogen-bond acceptors (Lipinski definition) is 8. The summed E-state index contributed by atoms with van der Waals surface area (Å²) in [4.78, 5) is 36.4. The van der Waals surface area contributed by atoms with Crippen molar-refractivity contribution in [2.75, 3.05) is 44.1 Å². The van der Waals surface area contributed by atoms with Gasteiger partial charge >= 0.3 is 0 Å². The molecule has 2 aliphatic rings. The number of anilines is 2. The topological polar surface area (TPSA) is 114 Å². The Labute approximate surface area is 194 Å². The van der Waals surface area contributed by atoms with E-state index in [1.807, 2.05) is 25.9 Å². The van der Waals surface area contributed by atoms with Crippen LogP contribution in [-0.4, -0.2) is 77.2 Å². The fourth-order valence-corrected chi connectivity index (χ4v) is 4.69. The summed E-state index contributed by atoms with van der Waals surface area (Å²) in [6, 6.07) is 0.316. The minimum atomic E-state index is -0.620. The number of carbonyl (C=O) groups is 2. The second kappa shape index (κ2) is 11.6. The lowest BCUT2D eigenvalue weighted by atomic mass is 9.92. The molecule has 33 heavy (non-hydrogen) atoms. The van der Waals surface area contributed by atoms with Gasteiger partial charge in [0.2, 0.25) is 18.1 Å². The average molecular weight is 466 g/mol. The van der Waals surface area contributed by atoms with E-state index in [9.17, 15) is 14.8 Å². The highest BCUT2D eigenvalue weighted by Gasteiger charge is 2.30. The van der Waals surface area contributed by atoms with Crippen LogP contribution >= 0.6 is 0 Å². The molecule has 1 unspecified atom stereocenters. The van der Waals surface area contributed by atoms with Gasteiger partial charge in [-0.3, -0.25) is 25.6 Å². The van der Waals surface area contributed by atoms with E-state index >= 15 is 4.39 Å². The van der Waals surface area contributed by atoms with Gasteiger partial charge in [-0.1, -0.05) is 32.6 Å². The lowest BCUT2D eigenvalue weighted by Crippen LogP contribution is -2.41. The first kappa shape index (κ1) is 25.1. The first-order valence-electron chi connectivity index (χ1n) is 11.8. The Balaban J connectivity index is 1.71. The molecule has 184 valence electrons. The highest BCUT2D eigenvalue weighted by molar-refractivity contribution is 5.80. The lowest BCUT2D eigenvalue weighted by molar-refractivity contribution is -0.154. The van der Waals surface area contributed by atoms with Crippen molar-refractivity contribution in [3.63, 3.8) is 0 Å². The number of hydrogen-bond donors (Lipinski definition) is 3. The molecule has 0 bridgehead atoms. The number of likely N-dealkylation sites (N-methyl/N-ethyl adjacent to an activating group) is 1. The Morgan fingerprint density at radius 3 is 2.64 bits per heavy atom. The summed E-state index contributed by atoms with van der Waals surface area (Å²) >= 11 is 0. The number of halogens is 1. The second-order valence-electron chi connectivity index (χ2n) is 9.26. The van der Waals surface area contributed by atoms with Gasteiger partial charge in [0.05, 0.1) is 12.5 Å². The number of nitrogens with one attached hydrogen (secondary N) is 2. The molecule has 0 aromatic carbocycles. The Kier molecular flexibility index (Phi) is 8.79. The number of carbonyl (C=O) groups excluding carboxylic acids is 2. The molecule has 1 aromatic heterocycles. The van der Waals surface area contributed by atoms with Crippen LogP contribution in [0, 0.1) is 17.7 Å². The molecule has 1 aliphatic carbocycles. The number of hydroxylamine groups is 2. The van der Waals surface area contributed by atoms with Gasteiger partial charge in [-0.25, -0.2) is 15.0 Å². The zero-order valence-corrected chi connectivity index (χ0v) is 19.8. The fraction of sp³-hybridized carbons (Fsp3) is 0.727. The molecule has 3 N–H and O–H groups in total. The number of aryl methyl sites for hydroxylation is 1. The minimum absolute atomic E-state index is 0.0886. The Bertz CT molecular complexity index is 819. The third kappa shape index (κ3) is 6.50. The monoisotopic (exact) mass is 465 g/mol. The number of nitrogens with zero attached hydrogens (tertiary/aromatic N) is 5. The Morgan fingerprint density at radius 2 is 2.03 bits per heavy atom. The smallest absolute Gasteiger partial charge is 0.243 e. The zero-order chi connectivity index (χ0) is 24.0. The molecule has 3 rings (SSSR count). The van der Waals surface area contributed by atoms with Crippen LogP contribution in [0.25, 0.3) is 0 Å². The van der Waals surface area contributed by atoms with Crippen molar-refractivity contribution < 1.29 is 19.2 Å². The third-order valence-electron chi connectivity index (χ3n) is 6.69. The standard InChI is InChI=1S/C22H36FN7O3/c1-4-18-24-20(19(23)21(25-18)29-10-9-17(13-29)28(2)3)26-27-22(32)16(12-30(33)14-31)11-15-7-5-6-8-15/h14-17,33H,4-13H2,1-3H3,(H,27,32)(H,24,25,26)/t16-,17?/m1/s1. The summed E-state index contributed by atoms with van der Waals surface area (Å²) in [5.41, 5.74) is 5.17. The summed E-state index contributed by atoms with van der Waals surface area (Å²) < 4.78 is 15.3. The van der Waals surface area contributed by atoms with Crippen LogP contribution in [0.4, 0.5) is 16.0 Å². The summed E-state index contributed by atoms with van der Waals surface area (Å²) in [6.45, 7) is 3.12. The zero-order valence-electron chi connectivity index (χ0n) is 19.8. The molecule has 1 saturated heterocycles. The predicted molar refractivity (Wildman–Crippen MR) is 122 cm³/mol. The van der Waals surface area contributed by atoms with E-state index in [1.165, 1.54) is 0 Å². The maximum atomic E-state index is 15.3. The molecule has 0 radical (unpaired) electrons. The maximum absolute atomic E-state index is 15.3. The molecule has 1 saturated carbocycles. The number of amides is 2. The summed E-state index contributed by atoms with van der Waals surface area (Å²) in [5, 5.41) is 10.1. The van der Waals surface area contributed by atoms with Gasteiger partial charge in [-0.05, 0) is 32.9 Å². The van der Waals surface area contributed by atoms with Gasteiger partial charge in [-0.15, -0.1) is 0 Å². The van der Waals surface area contributed by atoms with Crippen molar-refractivity contribution in [2.24, 2.45) is 11.8 Å². The van der Waals surface area contributed by atoms with Crippen LogP contribution in [-0.2, 0) is 16.0 Å². The average Bonchev–Trinajstić information content (AvgIpc) is 3.50. The van der Waals surface area contributed by atoms with E-state index < -0.39 is 17.6 Å².